The standard InChI is InChI=1S/C33H32N8O4/c1-39-28-22(9-19(11-25(28)44-2)32(42)41-15-18-6-8-23(41)27(18)34)37-31(39)24-10-17-5-7-21(36-30(17)40(24)14-16-3-4-16)20-12-26-29(35-13-20)38-33(43)45-26/h5,7,9-13,16,18,23,27H,3-4,6,8,14-15,34H2,1-2H3,(H,35,38,43)/t18?,23?,27-/m1/s1. The smallest absolute Gasteiger partial charge is 0.418 e. The Hall–Kier alpha value is -4.97. The monoisotopic (exact) mass is 604 g/mol. The van der Waals surface area contributed by atoms with Gasteiger partial charge in [-0.3, -0.25) is 9.78 Å². The van der Waals surface area contributed by atoms with Crippen LogP contribution in [0.4, 0.5) is 0 Å². The Bertz CT molecular complexity index is 2240. The number of methoxy groups -OCH3 is 1. The molecule has 2 aliphatic carbocycles. The maximum absolute atomic E-state index is 13.7. The van der Waals surface area contributed by atoms with Crippen molar-refractivity contribution in [1.82, 2.24) is 34.0 Å². The van der Waals surface area contributed by atoms with Crippen LogP contribution >= 0.6 is 0 Å². The number of hydrogen-bond acceptors (Lipinski definition) is 8. The molecular weight excluding hydrogens is 572 g/mol. The van der Waals surface area contributed by atoms with Gasteiger partial charge in [0.2, 0.25) is 0 Å². The van der Waals surface area contributed by atoms with Crippen LogP contribution in [0.5, 0.6) is 5.75 Å². The molecule has 1 aliphatic heterocycles. The number of carbonyl (C=O) groups excluding carboxylic acids is 1. The number of benzene rings is 1. The molecule has 45 heavy (non-hydrogen) atoms. The van der Waals surface area contributed by atoms with Crippen LogP contribution < -0.4 is 16.2 Å². The second-order valence-corrected chi connectivity index (χ2v) is 12.8. The van der Waals surface area contributed by atoms with Crippen molar-refractivity contribution in [3.05, 3.63) is 58.7 Å². The molecule has 3 aliphatic rings. The van der Waals surface area contributed by atoms with Crippen molar-refractivity contribution in [2.45, 2.75) is 44.3 Å². The molecule has 1 saturated heterocycles. The van der Waals surface area contributed by atoms with E-state index in [1.165, 1.54) is 12.8 Å². The molecule has 2 bridgehead atoms. The maximum atomic E-state index is 13.7. The summed E-state index contributed by atoms with van der Waals surface area (Å²) in [5.41, 5.74) is 12.6. The van der Waals surface area contributed by atoms with Gasteiger partial charge in [-0.05, 0) is 73.9 Å². The van der Waals surface area contributed by atoms with E-state index < -0.39 is 5.76 Å². The number of imidazole rings is 1. The number of aromatic nitrogens is 6. The Balaban J connectivity index is 1.16. The van der Waals surface area contributed by atoms with E-state index in [9.17, 15) is 9.59 Å². The molecule has 1 amide bonds. The van der Waals surface area contributed by atoms with Crippen molar-refractivity contribution in [1.29, 1.82) is 0 Å². The lowest BCUT2D eigenvalue weighted by Gasteiger charge is -2.27. The molecule has 0 spiro atoms. The molecule has 2 unspecified atom stereocenters. The van der Waals surface area contributed by atoms with Gasteiger partial charge in [-0.25, -0.2) is 19.7 Å². The SMILES string of the molecule is COc1cc(C(=O)N2CC3CCC2[C@@H]3N)cc2nc(-c3cc4ccc(-c5cnc6[nH]c(=O)oc6c5)nc4n3CC3CC3)n(C)c12. The fourth-order valence-corrected chi connectivity index (χ4v) is 7.46. The number of likely N-dealkylation sites (tertiary alicyclic amines) is 1. The fourth-order valence-electron chi connectivity index (χ4n) is 7.46. The zero-order valence-corrected chi connectivity index (χ0v) is 25.0. The van der Waals surface area contributed by atoms with E-state index in [1.54, 1.807) is 19.4 Å². The van der Waals surface area contributed by atoms with E-state index in [0.29, 0.717) is 46.4 Å². The molecule has 228 valence electrons. The highest BCUT2D eigenvalue weighted by atomic mass is 16.5. The van der Waals surface area contributed by atoms with Crippen LogP contribution in [0.25, 0.3) is 56.1 Å². The highest BCUT2D eigenvalue weighted by molar-refractivity contribution is 6.00. The lowest BCUT2D eigenvalue weighted by atomic mass is 10.1. The fraction of sp³-hybridized carbons (Fsp3) is 0.364. The molecule has 0 radical (unpaired) electrons. The summed E-state index contributed by atoms with van der Waals surface area (Å²) in [6, 6.07) is 11.8. The number of nitrogens with two attached hydrogens (primary N) is 1. The number of rotatable bonds is 6. The first-order valence-electron chi connectivity index (χ1n) is 15.5. The molecule has 3 fully saturated rings. The van der Waals surface area contributed by atoms with Crippen LogP contribution in [-0.4, -0.2) is 65.6 Å². The van der Waals surface area contributed by atoms with Crippen LogP contribution in [0.1, 0.15) is 36.0 Å². The van der Waals surface area contributed by atoms with E-state index >= 15 is 0 Å². The highest BCUT2D eigenvalue weighted by Gasteiger charge is 2.47. The van der Waals surface area contributed by atoms with Gasteiger partial charge in [0.05, 0.1) is 24.0 Å². The molecule has 1 aromatic carbocycles. The third kappa shape index (κ3) is 4.04. The van der Waals surface area contributed by atoms with Gasteiger partial charge in [0, 0.05) is 54.9 Å². The van der Waals surface area contributed by atoms with E-state index in [1.807, 2.05) is 34.7 Å². The number of oxazole rings is 1. The molecule has 6 aromatic rings. The van der Waals surface area contributed by atoms with Crippen LogP contribution in [0, 0.1) is 11.8 Å². The number of fused-ring (bicyclic) bond motifs is 5. The van der Waals surface area contributed by atoms with Crippen molar-refractivity contribution in [3.8, 4) is 28.5 Å². The summed E-state index contributed by atoms with van der Waals surface area (Å²) in [5.74, 6) is 1.78. The minimum atomic E-state index is -0.538. The lowest BCUT2D eigenvalue weighted by Crippen LogP contribution is -2.41. The lowest BCUT2D eigenvalue weighted by molar-refractivity contribution is 0.0700. The van der Waals surface area contributed by atoms with Crippen molar-refractivity contribution in [2.75, 3.05) is 13.7 Å². The summed E-state index contributed by atoms with van der Waals surface area (Å²) in [6.45, 7) is 1.53. The van der Waals surface area contributed by atoms with Gasteiger partial charge in [-0.15, -0.1) is 0 Å². The Morgan fingerprint density at radius 1 is 1.13 bits per heavy atom. The summed E-state index contributed by atoms with van der Waals surface area (Å²) in [6.07, 6.45) is 6.09. The second-order valence-electron chi connectivity index (χ2n) is 12.8. The van der Waals surface area contributed by atoms with Gasteiger partial charge >= 0.3 is 5.76 Å². The van der Waals surface area contributed by atoms with Crippen LogP contribution in [0.3, 0.4) is 0 Å². The van der Waals surface area contributed by atoms with E-state index in [-0.39, 0.29) is 18.0 Å². The van der Waals surface area contributed by atoms with Crippen molar-refractivity contribution >= 4 is 39.2 Å². The normalized spacial score (nSPS) is 21.1. The number of piperidine rings is 1. The number of nitrogens with zero attached hydrogens (tertiary/aromatic N) is 6. The summed E-state index contributed by atoms with van der Waals surface area (Å²) in [5, 5.41) is 0.993. The summed E-state index contributed by atoms with van der Waals surface area (Å²) in [7, 11) is 3.61. The first-order chi connectivity index (χ1) is 21.9. The number of carbonyl (C=O) groups is 1. The Labute approximate surface area is 256 Å². The number of nitrogens with one attached hydrogen (secondary N) is 1. The minimum absolute atomic E-state index is 0.0174. The van der Waals surface area contributed by atoms with Gasteiger partial charge in [-0.1, -0.05) is 0 Å². The molecule has 6 heterocycles. The number of pyridine rings is 2. The first-order valence-corrected chi connectivity index (χ1v) is 15.5. The van der Waals surface area contributed by atoms with Crippen LogP contribution in [0.2, 0.25) is 0 Å². The number of aromatic amines is 1. The molecule has 3 atom stereocenters. The quantitative estimate of drug-likeness (QED) is 0.289. The Kier molecular flexibility index (Phi) is 5.59. The topological polar surface area (TPSA) is 150 Å². The van der Waals surface area contributed by atoms with Gasteiger partial charge in [0.1, 0.15) is 16.9 Å². The molecule has 12 heteroatoms. The predicted molar refractivity (Wildman–Crippen MR) is 168 cm³/mol. The molecule has 12 nitrogen and oxygen atoms in total. The Morgan fingerprint density at radius 2 is 2.00 bits per heavy atom. The largest absolute Gasteiger partial charge is 0.494 e. The van der Waals surface area contributed by atoms with Gasteiger partial charge < -0.3 is 28.9 Å². The average molecular weight is 605 g/mol. The van der Waals surface area contributed by atoms with Crippen molar-refractivity contribution in [2.24, 2.45) is 24.6 Å². The average Bonchev–Trinajstić information content (AvgIpc) is 3.26. The molecular formula is C33H32N8O4. The van der Waals surface area contributed by atoms with Crippen LogP contribution in [0.15, 0.2) is 51.8 Å². The number of ether oxygens (including phenoxy) is 1. The number of H-pyrrole nitrogens is 1. The Morgan fingerprint density at radius 3 is 2.76 bits per heavy atom. The summed E-state index contributed by atoms with van der Waals surface area (Å²) >= 11 is 0. The number of aryl methyl sites for hydroxylation is 1. The van der Waals surface area contributed by atoms with Crippen molar-refractivity contribution < 1.29 is 13.9 Å². The molecule has 3 N–H and O–H groups in total. The zero-order chi connectivity index (χ0) is 30.6. The third-order valence-corrected chi connectivity index (χ3v) is 10.00. The molecule has 2 saturated carbocycles. The van der Waals surface area contributed by atoms with Gasteiger partial charge in [0.15, 0.2) is 17.1 Å². The number of amides is 1. The maximum Gasteiger partial charge on any atom is 0.418 e. The summed E-state index contributed by atoms with van der Waals surface area (Å²) in [4.78, 5) is 44.4. The highest BCUT2D eigenvalue weighted by Crippen LogP contribution is 2.40. The van der Waals surface area contributed by atoms with E-state index in [4.69, 9.17) is 24.9 Å². The minimum Gasteiger partial charge on any atom is -0.494 e. The zero-order valence-electron chi connectivity index (χ0n) is 25.0. The summed E-state index contributed by atoms with van der Waals surface area (Å²) < 4.78 is 15.4. The number of hydrogen-bond donors (Lipinski definition) is 2. The predicted octanol–water partition coefficient (Wildman–Crippen LogP) is 4.07. The van der Waals surface area contributed by atoms with Gasteiger partial charge in [0.25, 0.3) is 5.91 Å². The van der Waals surface area contributed by atoms with E-state index in [2.05, 4.69) is 26.7 Å². The third-order valence-electron chi connectivity index (χ3n) is 10.00. The van der Waals surface area contributed by atoms with Crippen LogP contribution in [-0.2, 0) is 13.6 Å². The molecule has 9 rings (SSSR count). The van der Waals surface area contributed by atoms with Gasteiger partial charge in [-0.2, -0.15) is 0 Å². The first kappa shape index (κ1) is 26.4. The van der Waals surface area contributed by atoms with Crippen molar-refractivity contribution in [3.63, 3.8) is 0 Å². The second kappa shape index (κ2) is 9.51. The van der Waals surface area contributed by atoms with E-state index in [0.717, 1.165) is 58.7 Å². The molecule has 5 aromatic heterocycles.